The van der Waals surface area contributed by atoms with Crippen molar-refractivity contribution >= 4 is 23.2 Å². The second-order valence-electron chi connectivity index (χ2n) is 6.16. The first-order valence-corrected chi connectivity index (χ1v) is 8.53. The van der Waals surface area contributed by atoms with Gasteiger partial charge in [0.15, 0.2) is 0 Å². The maximum atomic E-state index is 12.2. The van der Waals surface area contributed by atoms with Gasteiger partial charge in [-0.1, -0.05) is 54.6 Å². The summed E-state index contributed by atoms with van der Waals surface area (Å²) in [7, 11) is 0. The number of rotatable bonds is 5. The number of aldehydes is 1. The topological polar surface area (TPSA) is 56.5 Å². The molecule has 0 atom stereocenters. The van der Waals surface area contributed by atoms with Gasteiger partial charge in [-0.2, -0.15) is 0 Å². The zero-order valence-corrected chi connectivity index (χ0v) is 14.4. The number of hydrogen-bond acceptors (Lipinski definition) is 4. The number of carbonyl (C=O) groups is 2. The molecule has 0 aliphatic heterocycles. The molecule has 0 saturated carbocycles. The van der Waals surface area contributed by atoms with Crippen LogP contribution in [0.15, 0.2) is 83.3 Å². The Hall–Kier alpha value is -3.66. The van der Waals surface area contributed by atoms with Crippen molar-refractivity contribution in [3.05, 3.63) is 95.6 Å². The predicted molar refractivity (Wildman–Crippen MR) is 103 cm³/mol. The van der Waals surface area contributed by atoms with E-state index < -0.39 is 0 Å². The van der Waals surface area contributed by atoms with Crippen LogP contribution in [0, 0.1) is 0 Å². The minimum atomic E-state index is -0.370. The van der Waals surface area contributed by atoms with Crippen LogP contribution in [-0.2, 0) is 11.3 Å². The van der Waals surface area contributed by atoms with Crippen molar-refractivity contribution in [2.45, 2.75) is 6.61 Å². The molecular formula is C23H16O4. The fourth-order valence-electron chi connectivity index (χ4n) is 2.84. The Balaban J connectivity index is 1.50. The third-order valence-electron chi connectivity index (χ3n) is 4.30. The zero-order chi connectivity index (χ0) is 18.6. The van der Waals surface area contributed by atoms with Crippen molar-refractivity contribution in [3.8, 4) is 11.3 Å². The van der Waals surface area contributed by atoms with Gasteiger partial charge in [0.1, 0.15) is 24.2 Å². The minimum absolute atomic E-state index is 0.240. The lowest BCUT2D eigenvalue weighted by atomic mass is 10.1. The molecule has 0 bridgehead atoms. The van der Waals surface area contributed by atoms with Gasteiger partial charge >= 0.3 is 5.97 Å². The summed E-state index contributed by atoms with van der Waals surface area (Å²) in [6, 6.07) is 23.8. The highest BCUT2D eigenvalue weighted by Gasteiger charge is 2.10. The Morgan fingerprint density at radius 2 is 1.70 bits per heavy atom. The van der Waals surface area contributed by atoms with Crippen LogP contribution in [0.2, 0.25) is 0 Å². The molecule has 0 fully saturated rings. The van der Waals surface area contributed by atoms with Gasteiger partial charge in [0.2, 0.25) is 0 Å². The summed E-state index contributed by atoms with van der Waals surface area (Å²) in [4.78, 5) is 23.1. The highest BCUT2D eigenvalue weighted by molar-refractivity contribution is 5.91. The van der Waals surface area contributed by atoms with Gasteiger partial charge < -0.3 is 9.15 Å². The average molecular weight is 356 g/mol. The zero-order valence-electron chi connectivity index (χ0n) is 14.4. The van der Waals surface area contributed by atoms with Gasteiger partial charge in [0, 0.05) is 16.5 Å². The molecule has 4 nitrogen and oxygen atoms in total. The standard InChI is InChI=1S/C23H16O4/c24-14-17-6-7-20-13-22(27-21(20)12-17)18-8-10-19(11-9-18)23(25)26-15-16-4-2-1-3-5-16/h1-14H,15H2. The van der Waals surface area contributed by atoms with E-state index in [1.807, 2.05) is 54.6 Å². The van der Waals surface area contributed by atoms with E-state index in [1.54, 1.807) is 24.3 Å². The molecule has 3 aromatic carbocycles. The van der Waals surface area contributed by atoms with Gasteiger partial charge in [0.25, 0.3) is 0 Å². The number of ether oxygens (including phenoxy) is 1. The summed E-state index contributed by atoms with van der Waals surface area (Å²) in [6.07, 6.45) is 0.789. The molecule has 0 amide bonds. The van der Waals surface area contributed by atoms with Crippen LogP contribution >= 0.6 is 0 Å². The molecule has 0 spiro atoms. The maximum absolute atomic E-state index is 12.2. The molecule has 4 heteroatoms. The van der Waals surface area contributed by atoms with E-state index in [-0.39, 0.29) is 12.6 Å². The molecule has 0 unspecified atom stereocenters. The normalized spacial score (nSPS) is 10.7. The third-order valence-corrected chi connectivity index (χ3v) is 4.30. The summed E-state index contributed by atoms with van der Waals surface area (Å²) < 4.78 is 11.2. The largest absolute Gasteiger partial charge is 0.457 e. The number of esters is 1. The molecule has 132 valence electrons. The number of carbonyl (C=O) groups excluding carboxylic acids is 2. The summed E-state index contributed by atoms with van der Waals surface area (Å²) in [5.74, 6) is 0.308. The first kappa shape index (κ1) is 16.8. The molecular weight excluding hydrogens is 340 g/mol. The molecule has 4 rings (SSSR count). The molecule has 0 aliphatic rings. The second-order valence-corrected chi connectivity index (χ2v) is 6.16. The Kier molecular flexibility index (Phi) is 4.54. The van der Waals surface area contributed by atoms with E-state index in [0.29, 0.717) is 22.5 Å². The lowest BCUT2D eigenvalue weighted by Crippen LogP contribution is -2.04. The van der Waals surface area contributed by atoms with Crippen molar-refractivity contribution in [3.63, 3.8) is 0 Å². The van der Waals surface area contributed by atoms with E-state index >= 15 is 0 Å². The van der Waals surface area contributed by atoms with Gasteiger partial charge in [-0.15, -0.1) is 0 Å². The van der Waals surface area contributed by atoms with Crippen molar-refractivity contribution < 1.29 is 18.7 Å². The Labute approximate surface area is 156 Å². The van der Waals surface area contributed by atoms with Crippen LogP contribution in [0.1, 0.15) is 26.3 Å². The fraction of sp³-hybridized carbons (Fsp3) is 0.0435. The van der Waals surface area contributed by atoms with Crippen LogP contribution in [0.25, 0.3) is 22.3 Å². The highest BCUT2D eigenvalue weighted by atomic mass is 16.5. The van der Waals surface area contributed by atoms with Crippen molar-refractivity contribution in [1.29, 1.82) is 0 Å². The monoisotopic (exact) mass is 356 g/mol. The van der Waals surface area contributed by atoms with E-state index in [4.69, 9.17) is 9.15 Å². The molecule has 27 heavy (non-hydrogen) atoms. The van der Waals surface area contributed by atoms with Crippen LogP contribution in [0.3, 0.4) is 0 Å². The summed E-state index contributed by atoms with van der Waals surface area (Å²) in [6.45, 7) is 0.240. The lowest BCUT2D eigenvalue weighted by Gasteiger charge is -2.05. The molecule has 0 N–H and O–H groups in total. The van der Waals surface area contributed by atoms with E-state index in [1.165, 1.54) is 0 Å². The lowest BCUT2D eigenvalue weighted by molar-refractivity contribution is 0.0472. The SMILES string of the molecule is O=Cc1ccc2cc(-c3ccc(C(=O)OCc4ccccc4)cc3)oc2c1. The first-order chi connectivity index (χ1) is 13.2. The quantitative estimate of drug-likeness (QED) is 0.361. The van der Waals surface area contributed by atoms with Crippen molar-refractivity contribution in [2.75, 3.05) is 0 Å². The van der Waals surface area contributed by atoms with E-state index in [2.05, 4.69) is 0 Å². The van der Waals surface area contributed by atoms with Crippen LogP contribution < -0.4 is 0 Å². The molecule has 1 heterocycles. The van der Waals surface area contributed by atoms with Gasteiger partial charge in [-0.3, -0.25) is 4.79 Å². The molecule has 1 aromatic heterocycles. The van der Waals surface area contributed by atoms with Crippen molar-refractivity contribution in [1.82, 2.24) is 0 Å². The molecule has 0 radical (unpaired) electrons. The summed E-state index contributed by atoms with van der Waals surface area (Å²) in [5.41, 5.74) is 3.49. The average Bonchev–Trinajstić information content (AvgIpc) is 3.16. The second kappa shape index (κ2) is 7.30. The summed E-state index contributed by atoms with van der Waals surface area (Å²) in [5, 5.41) is 0.918. The van der Waals surface area contributed by atoms with Crippen LogP contribution in [0.4, 0.5) is 0 Å². The van der Waals surface area contributed by atoms with Crippen LogP contribution in [0.5, 0.6) is 0 Å². The number of hydrogen-bond donors (Lipinski definition) is 0. The summed E-state index contributed by atoms with van der Waals surface area (Å²) >= 11 is 0. The minimum Gasteiger partial charge on any atom is -0.457 e. The first-order valence-electron chi connectivity index (χ1n) is 8.53. The van der Waals surface area contributed by atoms with Gasteiger partial charge in [-0.05, 0) is 29.8 Å². The molecule has 0 aliphatic carbocycles. The number of benzene rings is 3. The molecule has 4 aromatic rings. The number of furan rings is 1. The smallest absolute Gasteiger partial charge is 0.338 e. The third kappa shape index (κ3) is 3.65. The van der Waals surface area contributed by atoms with E-state index in [9.17, 15) is 9.59 Å². The Morgan fingerprint density at radius 1 is 0.926 bits per heavy atom. The van der Waals surface area contributed by atoms with Gasteiger partial charge in [-0.25, -0.2) is 4.79 Å². The highest BCUT2D eigenvalue weighted by Crippen LogP contribution is 2.28. The maximum Gasteiger partial charge on any atom is 0.338 e. The van der Waals surface area contributed by atoms with Gasteiger partial charge in [0.05, 0.1) is 5.56 Å². The number of fused-ring (bicyclic) bond motifs is 1. The van der Waals surface area contributed by atoms with Crippen LogP contribution in [-0.4, -0.2) is 12.3 Å². The Morgan fingerprint density at radius 3 is 2.44 bits per heavy atom. The fourth-order valence-corrected chi connectivity index (χ4v) is 2.84. The predicted octanol–water partition coefficient (Wildman–Crippen LogP) is 5.27. The Bertz CT molecular complexity index is 1090. The van der Waals surface area contributed by atoms with Crippen molar-refractivity contribution in [2.24, 2.45) is 0 Å². The molecule has 0 saturated heterocycles. The van der Waals surface area contributed by atoms with E-state index in [0.717, 1.165) is 22.8 Å².